The van der Waals surface area contributed by atoms with Crippen LogP contribution in [0.4, 0.5) is 0 Å². The third-order valence-electron chi connectivity index (χ3n) is 6.14. The van der Waals surface area contributed by atoms with Crippen LogP contribution in [0.3, 0.4) is 0 Å². The van der Waals surface area contributed by atoms with Gasteiger partial charge in [0.05, 0.1) is 11.9 Å². The van der Waals surface area contributed by atoms with Crippen molar-refractivity contribution in [1.82, 2.24) is 14.9 Å². The van der Waals surface area contributed by atoms with Gasteiger partial charge in [-0.3, -0.25) is 0 Å². The molecule has 2 atom stereocenters. The van der Waals surface area contributed by atoms with E-state index in [4.69, 9.17) is 14.7 Å². The number of hydrogen-bond donors (Lipinski definition) is 0. The van der Waals surface area contributed by atoms with Gasteiger partial charge in [-0.05, 0) is 37.7 Å². The molecule has 4 rings (SSSR count). The van der Waals surface area contributed by atoms with Crippen molar-refractivity contribution in [3.05, 3.63) is 102 Å². The summed E-state index contributed by atoms with van der Waals surface area (Å²) in [5, 5.41) is 0. The third-order valence-corrected chi connectivity index (χ3v) is 7.90. The summed E-state index contributed by atoms with van der Waals surface area (Å²) in [6, 6.07) is 27.6. The Morgan fingerprint density at radius 2 is 1.31 bits per heavy atom. The van der Waals surface area contributed by atoms with Crippen LogP contribution < -0.4 is 4.74 Å². The van der Waals surface area contributed by atoms with E-state index in [9.17, 15) is 0 Å². The molecule has 3 aromatic carbocycles. The summed E-state index contributed by atoms with van der Waals surface area (Å²) in [6.45, 7) is 2.16. The minimum atomic E-state index is -0.177. The molecule has 180 valence electrons. The van der Waals surface area contributed by atoms with Gasteiger partial charge in [0.15, 0.2) is 0 Å². The summed E-state index contributed by atoms with van der Waals surface area (Å²) in [5.74, 6) is 0.521. The molecule has 0 amide bonds. The second kappa shape index (κ2) is 12.3. The van der Waals surface area contributed by atoms with Crippen LogP contribution >= 0.6 is 45.2 Å². The van der Waals surface area contributed by atoms with E-state index in [2.05, 4.69) is 132 Å². The standard InChI is InChI=1S/C29H29I2N3O/c1-20(34(2)3)29(25-7-5-4-6-8-25)35-26-19-32-27(23-13-9-21(17-30)10-14-23)28(33-26)24-15-11-22(18-31)12-16-24/h4-16,19-20,29H,17-18H2,1-3H3/t20-,29-/m1/s1. The smallest absolute Gasteiger partial charge is 0.233 e. The Hall–Kier alpha value is -2.04. The van der Waals surface area contributed by atoms with Crippen LogP contribution in [0.1, 0.15) is 29.7 Å². The molecule has 0 bridgehead atoms. The van der Waals surface area contributed by atoms with E-state index in [0.717, 1.165) is 36.9 Å². The van der Waals surface area contributed by atoms with E-state index in [1.165, 1.54) is 11.1 Å². The number of alkyl halides is 2. The molecule has 0 aliphatic carbocycles. The van der Waals surface area contributed by atoms with Gasteiger partial charge in [-0.2, -0.15) is 0 Å². The average molecular weight is 689 g/mol. The van der Waals surface area contributed by atoms with Crippen LogP contribution in [0.25, 0.3) is 22.5 Å². The molecule has 0 N–H and O–H groups in total. The number of nitrogens with zero attached hydrogens (tertiary/aromatic N) is 3. The Labute approximate surface area is 235 Å². The molecule has 0 radical (unpaired) electrons. The topological polar surface area (TPSA) is 38.3 Å². The van der Waals surface area contributed by atoms with Crippen LogP contribution in [0.2, 0.25) is 0 Å². The van der Waals surface area contributed by atoms with Crippen molar-refractivity contribution in [3.63, 3.8) is 0 Å². The Balaban J connectivity index is 1.77. The maximum absolute atomic E-state index is 6.54. The van der Waals surface area contributed by atoms with E-state index in [0.29, 0.717) is 5.88 Å². The van der Waals surface area contributed by atoms with Crippen molar-refractivity contribution in [3.8, 4) is 28.4 Å². The fraction of sp³-hybridized carbons (Fsp3) is 0.241. The van der Waals surface area contributed by atoms with Gasteiger partial charge < -0.3 is 9.64 Å². The van der Waals surface area contributed by atoms with Crippen molar-refractivity contribution < 1.29 is 4.74 Å². The maximum Gasteiger partial charge on any atom is 0.233 e. The highest BCUT2D eigenvalue weighted by molar-refractivity contribution is 14.1. The highest BCUT2D eigenvalue weighted by atomic mass is 127. The van der Waals surface area contributed by atoms with Crippen molar-refractivity contribution >= 4 is 45.2 Å². The molecular formula is C29H29I2N3O. The molecule has 0 saturated heterocycles. The van der Waals surface area contributed by atoms with Crippen molar-refractivity contribution in [2.75, 3.05) is 14.1 Å². The fourth-order valence-corrected chi connectivity index (χ4v) is 4.85. The molecule has 4 aromatic rings. The predicted octanol–water partition coefficient (Wildman–Crippen LogP) is 7.75. The van der Waals surface area contributed by atoms with Gasteiger partial charge in [0.2, 0.25) is 5.88 Å². The first-order chi connectivity index (χ1) is 17.0. The molecule has 4 nitrogen and oxygen atoms in total. The third kappa shape index (κ3) is 6.40. The Kier molecular flexibility index (Phi) is 9.13. The van der Waals surface area contributed by atoms with Gasteiger partial charge >= 0.3 is 0 Å². The van der Waals surface area contributed by atoms with Gasteiger partial charge in [-0.1, -0.05) is 124 Å². The zero-order valence-electron chi connectivity index (χ0n) is 20.2. The second-order valence-corrected chi connectivity index (χ2v) is 10.2. The highest BCUT2D eigenvalue weighted by Crippen LogP contribution is 2.33. The Morgan fingerprint density at radius 1 is 0.771 bits per heavy atom. The summed E-state index contributed by atoms with van der Waals surface area (Å²) in [5.41, 5.74) is 7.45. The average Bonchev–Trinajstić information content (AvgIpc) is 2.92. The monoisotopic (exact) mass is 689 g/mol. The molecule has 0 aliphatic rings. The molecule has 0 aliphatic heterocycles. The zero-order valence-corrected chi connectivity index (χ0v) is 24.5. The lowest BCUT2D eigenvalue weighted by molar-refractivity contribution is 0.102. The zero-order chi connectivity index (χ0) is 24.8. The van der Waals surface area contributed by atoms with E-state index in [-0.39, 0.29) is 12.1 Å². The normalized spacial score (nSPS) is 13.0. The number of ether oxygens (including phenoxy) is 1. The van der Waals surface area contributed by atoms with Crippen LogP contribution in [0.5, 0.6) is 5.88 Å². The number of likely N-dealkylation sites (N-methyl/N-ethyl adjacent to an activating group) is 1. The summed E-state index contributed by atoms with van der Waals surface area (Å²) >= 11 is 4.77. The summed E-state index contributed by atoms with van der Waals surface area (Å²) < 4.78 is 8.49. The molecule has 0 fully saturated rings. The number of aromatic nitrogens is 2. The maximum atomic E-state index is 6.54. The van der Waals surface area contributed by atoms with E-state index < -0.39 is 0 Å². The molecular weight excluding hydrogens is 660 g/mol. The molecule has 0 saturated carbocycles. The SMILES string of the molecule is C[C@H]([C@@H](Oc1cnc(-c2ccc(CI)cc2)c(-c2ccc(CI)cc2)n1)c1ccccc1)N(C)C. The molecule has 6 heteroatoms. The Bertz CT molecular complexity index is 1230. The molecule has 1 aromatic heterocycles. The van der Waals surface area contributed by atoms with Crippen LogP contribution in [0.15, 0.2) is 85.1 Å². The lowest BCUT2D eigenvalue weighted by Gasteiger charge is -2.30. The second-order valence-electron chi connectivity index (χ2n) is 8.72. The largest absolute Gasteiger partial charge is 0.467 e. The fourth-order valence-electron chi connectivity index (χ4n) is 3.83. The van der Waals surface area contributed by atoms with Crippen LogP contribution in [-0.2, 0) is 8.86 Å². The highest BCUT2D eigenvalue weighted by Gasteiger charge is 2.24. The predicted molar refractivity (Wildman–Crippen MR) is 161 cm³/mol. The summed E-state index contributed by atoms with van der Waals surface area (Å²) in [7, 11) is 4.14. The number of benzene rings is 3. The molecule has 1 heterocycles. The minimum Gasteiger partial charge on any atom is -0.467 e. The van der Waals surface area contributed by atoms with Gasteiger partial charge in [0.1, 0.15) is 11.8 Å². The van der Waals surface area contributed by atoms with Crippen molar-refractivity contribution in [2.24, 2.45) is 0 Å². The van der Waals surface area contributed by atoms with Gasteiger partial charge in [0, 0.05) is 26.0 Å². The van der Waals surface area contributed by atoms with E-state index in [1.807, 2.05) is 18.2 Å². The summed E-state index contributed by atoms with van der Waals surface area (Å²) in [4.78, 5) is 12.1. The van der Waals surface area contributed by atoms with Gasteiger partial charge in [-0.15, -0.1) is 0 Å². The molecule has 0 spiro atoms. The number of rotatable bonds is 9. The first-order valence-electron chi connectivity index (χ1n) is 11.6. The van der Waals surface area contributed by atoms with Crippen LogP contribution in [-0.4, -0.2) is 35.0 Å². The molecule has 0 unspecified atom stereocenters. The van der Waals surface area contributed by atoms with Gasteiger partial charge in [-0.25, -0.2) is 9.97 Å². The molecule has 35 heavy (non-hydrogen) atoms. The first-order valence-corrected chi connectivity index (χ1v) is 14.6. The lowest BCUT2D eigenvalue weighted by atomic mass is 10.0. The number of hydrogen-bond acceptors (Lipinski definition) is 4. The quantitative estimate of drug-likeness (QED) is 0.133. The lowest BCUT2D eigenvalue weighted by Crippen LogP contribution is -2.34. The van der Waals surface area contributed by atoms with Crippen LogP contribution in [0, 0.1) is 0 Å². The minimum absolute atomic E-state index is 0.145. The Morgan fingerprint density at radius 3 is 1.83 bits per heavy atom. The van der Waals surface area contributed by atoms with E-state index >= 15 is 0 Å². The van der Waals surface area contributed by atoms with E-state index in [1.54, 1.807) is 6.20 Å². The van der Waals surface area contributed by atoms with Crippen molar-refractivity contribution in [1.29, 1.82) is 0 Å². The van der Waals surface area contributed by atoms with Crippen molar-refractivity contribution in [2.45, 2.75) is 27.9 Å². The summed E-state index contributed by atoms with van der Waals surface area (Å²) in [6.07, 6.45) is 1.58. The number of halogens is 2. The van der Waals surface area contributed by atoms with Gasteiger partial charge in [0.25, 0.3) is 0 Å². The first kappa shape index (κ1) is 26.0.